The number of nitrogens with one attached hydrogen (secondary N) is 1. The van der Waals surface area contributed by atoms with Gasteiger partial charge in [0.15, 0.2) is 0 Å². The highest BCUT2D eigenvalue weighted by Gasteiger charge is 2.15. The van der Waals surface area contributed by atoms with Crippen molar-refractivity contribution < 1.29 is 14.3 Å². The van der Waals surface area contributed by atoms with Crippen molar-refractivity contribution in [3.05, 3.63) is 72.1 Å². The van der Waals surface area contributed by atoms with Gasteiger partial charge in [-0.3, -0.25) is 9.78 Å². The summed E-state index contributed by atoms with van der Waals surface area (Å²) in [4.78, 5) is 19.2. The highest BCUT2D eigenvalue weighted by Crippen LogP contribution is 2.30. The van der Waals surface area contributed by atoms with Gasteiger partial charge in [0.1, 0.15) is 17.2 Å². The topological polar surface area (TPSA) is 63.7 Å². The number of carbonyl (C=O) groups is 1. The molecule has 0 fully saturated rings. The molecular weight excluding hydrogens is 366 g/mol. The zero-order chi connectivity index (χ0) is 20.8. The molecule has 3 aromatic rings. The number of aromatic nitrogens is 1. The van der Waals surface area contributed by atoms with Crippen molar-refractivity contribution in [2.24, 2.45) is 0 Å². The van der Waals surface area contributed by atoms with Crippen molar-refractivity contribution in [2.75, 3.05) is 31.0 Å². The minimum absolute atomic E-state index is 0.310. The number of rotatable bonds is 7. The van der Waals surface area contributed by atoms with E-state index in [1.54, 1.807) is 44.7 Å². The molecule has 0 bridgehead atoms. The Bertz CT molecular complexity index is 1000. The summed E-state index contributed by atoms with van der Waals surface area (Å²) >= 11 is 0. The first-order valence-corrected chi connectivity index (χ1v) is 9.39. The molecule has 1 amide bonds. The molecule has 0 spiro atoms. The lowest BCUT2D eigenvalue weighted by molar-refractivity contribution is 0.102. The van der Waals surface area contributed by atoms with Gasteiger partial charge in [-0.25, -0.2) is 0 Å². The van der Waals surface area contributed by atoms with E-state index >= 15 is 0 Å². The Morgan fingerprint density at radius 2 is 1.83 bits per heavy atom. The third-order valence-electron chi connectivity index (χ3n) is 4.57. The molecule has 0 aliphatic rings. The smallest absolute Gasteiger partial charge is 0.274 e. The second kappa shape index (κ2) is 9.10. The van der Waals surface area contributed by atoms with Crippen LogP contribution in [-0.2, 0) is 0 Å². The minimum Gasteiger partial charge on any atom is -0.497 e. The van der Waals surface area contributed by atoms with Crippen LogP contribution >= 0.6 is 0 Å². The number of hydrogen-bond acceptors (Lipinski definition) is 5. The fraction of sp³-hybridized carbons (Fsp3) is 0.217. The Balaban J connectivity index is 1.86. The number of ether oxygens (including phenoxy) is 2. The quantitative estimate of drug-likeness (QED) is 0.626. The van der Waals surface area contributed by atoms with Crippen LogP contribution in [0.2, 0.25) is 0 Å². The molecule has 29 heavy (non-hydrogen) atoms. The molecule has 6 nitrogen and oxygen atoms in total. The van der Waals surface area contributed by atoms with E-state index in [4.69, 9.17) is 9.47 Å². The molecule has 1 N–H and O–H groups in total. The number of methoxy groups -OCH3 is 2. The first kappa shape index (κ1) is 20.2. The minimum atomic E-state index is -0.310. The van der Waals surface area contributed by atoms with Crippen LogP contribution in [0.15, 0.2) is 60.8 Å². The van der Waals surface area contributed by atoms with Gasteiger partial charge in [0, 0.05) is 30.2 Å². The van der Waals surface area contributed by atoms with Gasteiger partial charge in [-0.15, -0.1) is 0 Å². The molecule has 0 atom stereocenters. The van der Waals surface area contributed by atoms with Crippen LogP contribution < -0.4 is 19.7 Å². The van der Waals surface area contributed by atoms with Gasteiger partial charge in [0.05, 0.1) is 19.9 Å². The Morgan fingerprint density at radius 3 is 2.52 bits per heavy atom. The average Bonchev–Trinajstić information content (AvgIpc) is 2.75. The lowest BCUT2D eigenvalue weighted by Crippen LogP contribution is -2.19. The van der Waals surface area contributed by atoms with Crippen LogP contribution in [0.4, 0.5) is 17.1 Å². The molecule has 6 heteroatoms. The van der Waals surface area contributed by atoms with E-state index < -0.39 is 0 Å². The number of carbonyl (C=O) groups excluding carboxylic acids is 1. The fourth-order valence-corrected chi connectivity index (χ4v) is 3.11. The molecule has 150 valence electrons. The Labute approximate surface area is 171 Å². The zero-order valence-electron chi connectivity index (χ0n) is 17.1. The van der Waals surface area contributed by atoms with Crippen LogP contribution in [0, 0.1) is 6.92 Å². The molecule has 0 saturated carbocycles. The molecule has 0 radical (unpaired) electrons. The summed E-state index contributed by atoms with van der Waals surface area (Å²) < 4.78 is 10.5. The molecule has 0 aliphatic carbocycles. The van der Waals surface area contributed by atoms with Crippen LogP contribution in [0.25, 0.3) is 0 Å². The first-order valence-electron chi connectivity index (χ1n) is 9.39. The number of hydrogen-bond donors (Lipinski definition) is 1. The SMILES string of the molecule is CCN(c1cccc(C)c1)c1ccnc(C(=O)Nc2ccc(OC)cc2OC)c1. The number of benzene rings is 2. The molecule has 2 aromatic carbocycles. The maximum absolute atomic E-state index is 12.8. The van der Waals surface area contributed by atoms with E-state index in [0.29, 0.717) is 22.9 Å². The predicted octanol–water partition coefficient (Wildman–Crippen LogP) is 4.82. The Hall–Kier alpha value is -3.54. The van der Waals surface area contributed by atoms with E-state index in [1.165, 1.54) is 5.56 Å². The lowest BCUT2D eigenvalue weighted by atomic mass is 10.2. The van der Waals surface area contributed by atoms with E-state index in [0.717, 1.165) is 17.9 Å². The largest absolute Gasteiger partial charge is 0.497 e. The molecule has 0 aliphatic heterocycles. The molecule has 3 rings (SSSR count). The summed E-state index contributed by atoms with van der Waals surface area (Å²) in [5, 5.41) is 2.86. The fourth-order valence-electron chi connectivity index (χ4n) is 3.11. The van der Waals surface area contributed by atoms with Gasteiger partial charge < -0.3 is 19.7 Å². The van der Waals surface area contributed by atoms with Crippen LogP contribution in [0.5, 0.6) is 11.5 Å². The normalized spacial score (nSPS) is 10.3. The van der Waals surface area contributed by atoms with E-state index in [1.807, 2.05) is 12.1 Å². The van der Waals surface area contributed by atoms with Gasteiger partial charge in [0.25, 0.3) is 5.91 Å². The van der Waals surface area contributed by atoms with Gasteiger partial charge in [-0.2, -0.15) is 0 Å². The van der Waals surface area contributed by atoms with Crippen molar-refractivity contribution >= 4 is 23.0 Å². The molecule has 1 heterocycles. The van der Waals surface area contributed by atoms with Gasteiger partial charge in [-0.1, -0.05) is 12.1 Å². The van der Waals surface area contributed by atoms with Crippen LogP contribution in [-0.4, -0.2) is 31.7 Å². The summed E-state index contributed by atoms with van der Waals surface area (Å²) in [6.45, 7) is 4.90. The van der Waals surface area contributed by atoms with Gasteiger partial charge >= 0.3 is 0 Å². The van der Waals surface area contributed by atoms with Crippen molar-refractivity contribution in [3.63, 3.8) is 0 Å². The Morgan fingerprint density at radius 1 is 1.03 bits per heavy atom. The summed E-state index contributed by atoms with van der Waals surface area (Å²) in [5.74, 6) is 0.858. The monoisotopic (exact) mass is 391 g/mol. The first-order chi connectivity index (χ1) is 14.0. The van der Waals surface area contributed by atoms with Crippen molar-refractivity contribution in [3.8, 4) is 11.5 Å². The number of nitrogens with zero attached hydrogens (tertiary/aromatic N) is 2. The highest BCUT2D eigenvalue weighted by molar-refractivity contribution is 6.04. The molecule has 1 aromatic heterocycles. The van der Waals surface area contributed by atoms with E-state index in [2.05, 4.69) is 47.2 Å². The molecule has 0 saturated heterocycles. The molecule has 0 unspecified atom stereocenters. The highest BCUT2D eigenvalue weighted by atomic mass is 16.5. The second-order valence-corrected chi connectivity index (χ2v) is 6.50. The van der Waals surface area contributed by atoms with E-state index in [-0.39, 0.29) is 5.91 Å². The van der Waals surface area contributed by atoms with E-state index in [9.17, 15) is 4.79 Å². The Kier molecular flexibility index (Phi) is 6.34. The van der Waals surface area contributed by atoms with Gasteiger partial charge in [-0.05, 0) is 55.8 Å². The summed E-state index contributed by atoms with van der Waals surface area (Å²) in [6, 6.07) is 17.2. The summed E-state index contributed by atoms with van der Waals surface area (Å²) in [7, 11) is 3.13. The summed E-state index contributed by atoms with van der Waals surface area (Å²) in [6.07, 6.45) is 1.65. The van der Waals surface area contributed by atoms with Crippen LogP contribution in [0.1, 0.15) is 23.0 Å². The van der Waals surface area contributed by atoms with Crippen molar-refractivity contribution in [1.29, 1.82) is 0 Å². The second-order valence-electron chi connectivity index (χ2n) is 6.50. The number of pyridine rings is 1. The maximum Gasteiger partial charge on any atom is 0.274 e. The number of amides is 1. The number of anilines is 3. The standard InChI is InChI=1S/C23H25N3O3/c1-5-26(17-8-6-7-16(2)13-17)18-11-12-24-21(14-18)23(27)25-20-10-9-19(28-3)15-22(20)29-4/h6-15H,5H2,1-4H3,(H,25,27). The predicted molar refractivity (Wildman–Crippen MR) is 116 cm³/mol. The third kappa shape index (κ3) is 4.66. The van der Waals surface area contributed by atoms with Crippen LogP contribution in [0.3, 0.4) is 0 Å². The molecular formula is C23H25N3O3. The summed E-state index contributed by atoms with van der Waals surface area (Å²) in [5.41, 5.74) is 4.03. The maximum atomic E-state index is 12.8. The van der Waals surface area contributed by atoms with Gasteiger partial charge in [0.2, 0.25) is 0 Å². The zero-order valence-corrected chi connectivity index (χ0v) is 17.1. The number of aryl methyl sites for hydroxylation is 1. The van der Waals surface area contributed by atoms with Crippen molar-refractivity contribution in [2.45, 2.75) is 13.8 Å². The average molecular weight is 391 g/mol. The van der Waals surface area contributed by atoms with Crippen molar-refractivity contribution in [1.82, 2.24) is 4.98 Å². The third-order valence-corrected chi connectivity index (χ3v) is 4.57. The lowest BCUT2D eigenvalue weighted by Gasteiger charge is -2.24.